The summed E-state index contributed by atoms with van der Waals surface area (Å²) in [6.07, 6.45) is -0.536. The molecule has 1 aliphatic heterocycles. The lowest BCUT2D eigenvalue weighted by atomic mass is 9.84. The zero-order valence-electron chi connectivity index (χ0n) is 35.2. The molecule has 16 nitrogen and oxygen atoms in total. The first-order chi connectivity index (χ1) is 29.4. The zero-order valence-corrected chi connectivity index (χ0v) is 36.0. The maximum absolute atomic E-state index is 14.7. The highest BCUT2D eigenvalue weighted by Gasteiger charge is 2.42. The quantitative estimate of drug-likeness (QED) is 0.0686. The van der Waals surface area contributed by atoms with Crippen molar-refractivity contribution >= 4 is 69.4 Å². The molecular formula is C45H51N5O11S. The van der Waals surface area contributed by atoms with Crippen LogP contribution in [0.4, 0.5) is 0 Å². The van der Waals surface area contributed by atoms with E-state index in [1.807, 2.05) is 25.1 Å². The number of carbonyl (C=O) groups excluding carboxylic acids is 6. The molecule has 17 heteroatoms. The summed E-state index contributed by atoms with van der Waals surface area (Å²) in [6, 6.07) is 11.4. The zero-order chi connectivity index (χ0) is 45.2. The molecule has 0 unspecified atom stereocenters. The van der Waals surface area contributed by atoms with E-state index in [0.717, 1.165) is 16.5 Å². The topological polar surface area (TPSA) is 239 Å². The lowest BCUT2D eigenvalue weighted by molar-refractivity contribution is -0.154. The Labute approximate surface area is 362 Å². The molecular weight excluding hydrogens is 819 g/mol. The molecule has 3 amide bonds. The van der Waals surface area contributed by atoms with Crippen molar-refractivity contribution in [2.45, 2.75) is 91.5 Å². The number of Topliss-reactive ketones (excluding diaryl/α,β-unsaturated/α-hetero) is 2. The Kier molecular flexibility index (Phi) is 15.8. The Morgan fingerprint density at radius 1 is 0.839 bits per heavy atom. The van der Waals surface area contributed by atoms with E-state index >= 15 is 0 Å². The molecule has 3 heterocycles. The largest absolute Gasteiger partial charge is 0.481 e. The third-order valence-corrected chi connectivity index (χ3v) is 11.7. The molecule has 0 saturated carbocycles. The summed E-state index contributed by atoms with van der Waals surface area (Å²) in [4.78, 5) is 118. The van der Waals surface area contributed by atoms with Crippen molar-refractivity contribution in [3.05, 3.63) is 93.6 Å². The fraction of sp³-hybridized carbons (Fsp3) is 0.422. The fourth-order valence-electron chi connectivity index (χ4n) is 7.49. The Balaban J connectivity index is 1.36. The minimum atomic E-state index is -1.61. The second-order valence-corrected chi connectivity index (χ2v) is 17.1. The fourth-order valence-corrected chi connectivity index (χ4v) is 7.99. The number of aryl methyl sites for hydroxylation is 1. The summed E-state index contributed by atoms with van der Waals surface area (Å²) >= 11 is 1.22. The molecule has 0 saturated heterocycles. The van der Waals surface area contributed by atoms with Gasteiger partial charge in [-0.3, -0.25) is 38.5 Å². The third kappa shape index (κ3) is 11.9. The van der Waals surface area contributed by atoms with Crippen molar-refractivity contribution in [3.63, 3.8) is 0 Å². The maximum atomic E-state index is 14.7. The van der Waals surface area contributed by atoms with Crippen LogP contribution >= 0.6 is 11.3 Å². The molecule has 62 heavy (non-hydrogen) atoms. The number of benzene rings is 2. The number of fused-ring (bicyclic) bond motifs is 2. The van der Waals surface area contributed by atoms with Crippen molar-refractivity contribution < 1.29 is 53.3 Å². The van der Waals surface area contributed by atoms with Gasteiger partial charge in [-0.25, -0.2) is 9.78 Å². The van der Waals surface area contributed by atoms with Gasteiger partial charge in [-0.2, -0.15) is 0 Å². The summed E-state index contributed by atoms with van der Waals surface area (Å²) < 4.78 is 5.31. The molecule has 328 valence electrons. The van der Waals surface area contributed by atoms with Gasteiger partial charge in [0.1, 0.15) is 24.4 Å². The van der Waals surface area contributed by atoms with Gasteiger partial charge in [-0.05, 0) is 48.4 Å². The highest BCUT2D eigenvalue weighted by Crippen LogP contribution is 2.34. The average molecular weight is 870 g/mol. The van der Waals surface area contributed by atoms with Crippen LogP contribution in [-0.4, -0.2) is 90.9 Å². The molecule has 5 rings (SSSR count). The molecule has 4 N–H and O–H groups in total. The minimum Gasteiger partial charge on any atom is -0.481 e. The summed E-state index contributed by atoms with van der Waals surface area (Å²) in [7, 11) is 0. The predicted octanol–water partition coefficient (Wildman–Crippen LogP) is 4.86. The van der Waals surface area contributed by atoms with Crippen LogP contribution in [0.25, 0.3) is 10.9 Å². The van der Waals surface area contributed by atoms with E-state index in [4.69, 9.17) is 4.74 Å². The van der Waals surface area contributed by atoms with Crippen molar-refractivity contribution in [1.82, 2.24) is 25.5 Å². The molecule has 0 radical (unpaired) electrons. The first-order valence-electron chi connectivity index (χ1n) is 20.3. The van der Waals surface area contributed by atoms with E-state index < -0.39 is 108 Å². The number of pyridine rings is 1. The number of nitrogens with zero attached hydrogens (tertiary/aromatic N) is 3. The van der Waals surface area contributed by atoms with Crippen LogP contribution in [0.1, 0.15) is 91.5 Å². The highest BCUT2D eigenvalue weighted by atomic mass is 32.1. The number of nitrogens with one attached hydrogen (secondary N) is 2. The highest BCUT2D eigenvalue weighted by molar-refractivity contribution is 7.09. The lowest BCUT2D eigenvalue weighted by Crippen LogP contribution is -2.53. The molecule has 2 aromatic carbocycles. The number of aromatic nitrogens is 2. The number of carbonyl (C=O) groups is 8. The molecule has 5 atom stereocenters. The van der Waals surface area contributed by atoms with Crippen LogP contribution in [-0.2, 0) is 51.3 Å². The number of hydrogen-bond donors (Lipinski definition) is 4. The molecule has 2 aromatic heterocycles. The number of rotatable bonds is 20. The standard InChI is InChI=1S/C45H51N5O11S/c1-24(2)31(17-37(51)34-13-11-27-8-6-7-9-33(27)47-34)42(57)48-35(19-39(53)54)38(52)18-32(25(3)4)44(59)50-15-14-28-16-26(5)10-12-30(28)41(50)43(58)49-36(20-40(55)56)45(60)61-22-29-21-46-23-62-29/h6-13,16,21,23-25,31-32,35-36,41H,14-15,17-20,22H2,1-5H3,(H,48,57)(H,49,58)(H,53,54)(H,55,56)/t31-,32-,35-,36-,41-/m0/s1. The van der Waals surface area contributed by atoms with Gasteiger partial charge < -0.3 is 30.5 Å². The number of ether oxygens (including phenoxy) is 1. The molecule has 0 bridgehead atoms. The summed E-state index contributed by atoms with van der Waals surface area (Å²) in [5.41, 5.74) is 4.39. The average Bonchev–Trinajstić information content (AvgIpc) is 3.75. The smallest absolute Gasteiger partial charge is 0.329 e. The van der Waals surface area contributed by atoms with Gasteiger partial charge in [-0.1, -0.05) is 75.7 Å². The summed E-state index contributed by atoms with van der Waals surface area (Å²) in [6.45, 7) is 8.54. The van der Waals surface area contributed by atoms with Gasteiger partial charge in [0.15, 0.2) is 11.6 Å². The Bertz CT molecular complexity index is 2330. The Morgan fingerprint density at radius 3 is 2.19 bits per heavy atom. The van der Waals surface area contributed by atoms with E-state index in [-0.39, 0.29) is 25.3 Å². The van der Waals surface area contributed by atoms with Gasteiger partial charge in [-0.15, -0.1) is 11.3 Å². The van der Waals surface area contributed by atoms with Gasteiger partial charge in [0, 0.05) is 42.8 Å². The number of thiazole rings is 1. The van der Waals surface area contributed by atoms with Crippen LogP contribution in [0.15, 0.2) is 66.3 Å². The van der Waals surface area contributed by atoms with Gasteiger partial charge in [0.25, 0.3) is 0 Å². The second-order valence-electron chi connectivity index (χ2n) is 16.2. The first kappa shape index (κ1) is 46.7. The third-order valence-electron chi connectivity index (χ3n) is 10.9. The normalized spacial score (nSPS) is 15.5. The van der Waals surface area contributed by atoms with E-state index in [9.17, 15) is 48.6 Å². The van der Waals surface area contributed by atoms with Crippen molar-refractivity contribution in [3.8, 4) is 0 Å². The number of carboxylic acids is 2. The van der Waals surface area contributed by atoms with E-state index in [0.29, 0.717) is 22.4 Å². The first-order valence-corrected chi connectivity index (χ1v) is 21.2. The number of amides is 3. The minimum absolute atomic E-state index is 0.0235. The van der Waals surface area contributed by atoms with Crippen molar-refractivity contribution in [2.24, 2.45) is 23.7 Å². The maximum Gasteiger partial charge on any atom is 0.329 e. The summed E-state index contributed by atoms with van der Waals surface area (Å²) in [5.74, 6) is -10.0. The van der Waals surface area contributed by atoms with Crippen LogP contribution in [0.3, 0.4) is 0 Å². The number of ketones is 2. The number of hydrogen-bond acceptors (Lipinski definition) is 12. The van der Waals surface area contributed by atoms with Gasteiger partial charge in [0.05, 0.1) is 34.8 Å². The SMILES string of the molecule is Cc1ccc2c(c1)CCN(C(=O)[C@@H](CC(=O)[C@H](CC(=O)O)NC(=O)[C@@H](CC(=O)c1ccc3ccccc3n1)C(C)C)C(C)C)[C@@H]2C(=O)N[C@@H](CC(=O)O)C(=O)OCc1cncs1. The molecule has 0 fully saturated rings. The van der Waals surface area contributed by atoms with Crippen LogP contribution in [0, 0.1) is 30.6 Å². The number of esters is 1. The van der Waals surface area contributed by atoms with Crippen LogP contribution in [0.2, 0.25) is 0 Å². The number of para-hydroxylation sites is 1. The monoisotopic (exact) mass is 869 g/mol. The van der Waals surface area contributed by atoms with E-state index in [1.54, 1.807) is 64.1 Å². The van der Waals surface area contributed by atoms with Crippen molar-refractivity contribution in [1.29, 1.82) is 0 Å². The number of aliphatic carboxylic acids is 2. The lowest BCUT2D eigenvalue weighted by Gasteiger charge is -2.39. The Hall–Kier alpha value is -6.36. The van der Waals surface area contributed by atoms with Crippen LogP contribution in [0.5, 0.6) is 0 Å². The number of carboxylic acid groups (broad SMARTS) is 2. The van der Waals surface area contributed by atoms with Gasteiger partial charge in [0.2, 0.25) is 17.7 Å². The van der Waals surface area contributed by atoms with E-state index in [1.165, 1.54) is 27.9 Å². The molecule has 1 aliphatic rings. The van der Waals surface area contributed by atoms with Gasteiger partial charge >= 0.3 is 17.9 Å². The molecule has 0 spiro atoms. The Morgan fingerprint density at radius 2 is 1.53 bits per heavy atom. The molecule has 4 aromatic rings. The predicted molar refractivity (Wildman–Crippen MR) is 227 cm³/mol. The second kappa shape index (κ2) is 20.9. The van der Waals surface area contributed by atoms with Crippen LogP contribution < -0.4 is 10.6 Å². The van der Waals surface area contributed by atoms with Crippen molar-refractivity contribution in [2.75, 3.05) is 6.54 Å². The molecule has 0 aliphatic carbocycles. The summed E-state index contributed by atoms with van der Waals surface area (Å²) in [5, 5.41) is 25.4. The van der Waals surface area contributed by atoms with E-state index in [2.05, 4.69) is 20.6 Å².